The van der Waals surface area contributed by atoms with E-state index in [1.165, 1.54) is 0 Å². The second-order valence-electron chi connectivity index (χ2n) is 8.11. The maximum absolute atomic E-state index is 11.0. The zero-order chi connectivity index (χ0) is 17.6. The first-order valence-electron chi connectivity index (χ1n) is 7.75. The molecule has 5 heteroatoms. The zero-order valence-corrected chi connectivity index (χ0v) is 14.6. The van der Waals surface area contributed by atoms with Crippen molar-refractivity contribution in [3.05, 3.63) is 28.8 Å². The molecule has 0 amide bonds. The third-order valence-electron chi connectivity index (χ3n) is 4.04. The molecule has 2 N–H and O–H groups in total. The van der Waals surface area contributed by atoms with E-state index in [1.54, 1.807) is 0 Å². The van der Waals surface area contributed by atoms with Crippen molar-refractivity contribution in [2.24, 2.45) is 5.16 Å². The maximum atomic E-state index is 11.0. The molecule has 1 heterocycles. The number of aromatic hydroxyl groups is 1. The van der Waals surface area contributed by atoms with Gasteiger partial charge in [0.25, 0.3) is 0 Å². The number of hydrogen-bond acceptors (Lipinski definition) is 4. The average Bonchev–Trinajstić information content (AvgIpc) is 2.85. The molecule has 1 atom stereocenters. The van der Waals surface area contributed by atoms with Gasteiger partial charge in [-0.1, -0.05) is 46.7 Å². The predicted molar refractivity (Wildman–Crippen MR) is 89.0 cm³/mol. The van der Waals surface area contributed by atoms with Crippen LogP contribution in [0.5, 0.6) is 5.75 Å². The minimum absolute atomic E-state index is 0.0256. The standard InChI is InChI=1S/C18H25NO4/c1-17(2,3)11-7-10(8-12(15(11)20)18(4,5)6)14-9-13(16(21)22)19-23-14/h7-8,14,20H,9H2,1-6H3,(H,21,22). The molecule has 1 aliphatic rings. The number of aliphatic carboxylic acids is 1. The van der Waals surface area contributed by atoms with Crippen molar-refractivity contribution in [3.8, 4) is 5.75 Å². The number of hydrogen-bond donors (Lipinski definition) is 2. The SMILES string of the molecule is CC(C)(C)c1cc(C2CC(C(=O)O)=NO2)cc(C(C)(C)C)c1O. The normalized spacial score (nSPS) is 18.5. The number of oxime groups is 1. The van der Waals surface area contributed by atoms with E-state index in [0.29, 0.717) is 5.75 Å². The summed E-state index contributed by atoms with van der Waals surface area (Å²) in [6.45, 7) is 12.2. The summed E-state index contributed by atoms with van der Waals surface area (Å²) in [4.78, 5) is 16.3. The lowest BCUT2D eigenvalue weighted by molar-refractivity contribution is -0.129. The molecule has 1 aromatic carbocycles. The van der Waals surface area contributed by atoms with Crippen LogP contribution in [-0.4, -0.2) is 21.9 Å². The van der Waals surface area contributed by atoms with Crippen LogP contribution in [0, 0.1) is 0 Å². The summed E-state index contributed by atoms with van der Waals surface area (Å²) in [6.07, 6.45) is -0.198. The molecule has 0 saturated carbocycles. The van der Waals surface area contributed by atoms with Crippen LogP contribution in [0.25, 0.3) is 0 Å². The first kappa shape index (κ1) is 17.3. The van der Waals surface area contributed by atoms with E-state index in [4.69, 9.17) is 9.94 Å². The highest BCUT2D eigenvalue weighted by Crippen LogP contribution is 2.42. The summed E-state index contributed by atoms with van der Waals surface area (Å²) < 4.78 is 0. The molecule has 0 radical (unpaired) electrons. The monoisotopic (exact) mass is 319 g/mol. The lowest BCUT2D eigenvalue weighted by Gasteiger charge is -2.28. The Kier molecular flexibility index (Phi) is 4.18. The van der Waals surface area contributed by atoms with Gasteiger partial charge in [-0.25, -0.2) is 4.79 Å². The number of carbonyl (C=O) groups is 1. The molecular weight excluding hydrogens is 294 g/mol. The molecular formula is C18H25NO4. The molecule has 0 fully saturated rings. The van der Waals surface area contributed by atoms with Crippen LogP contribution in [0.3, 0.4) is 0 Å². The number of rotatable bonds is 2. The third kappa shape index (κ3) is 3.49. The van der Waals surface area contributed by atoms with Crippen molar-refractivity contribution in [2.75, 3.05) is 0 Å². The van der Waals surface area contributed by atoms with Gasteiger partial charge in [0.1, 0.15) is 5.75 Å². The van der Waals surface area contributed by atoms with Crippen molar-refractivity contribution in [1.29, 1.82) is 0 Å². The highest BCUT2D eigenvalue weighted by Gasteiger charge is 2.32. The van der Waals surface area contributed by atoms with E-state index >= 15 is 0 Å². The van der Waals surface area contributed by atoms with E-state index in [2.05, 4.69) is 5.16 Å². The van der Waals surface area contributed by atoms with Gasteiger partial charge in [0, 0.05) is 6.42 Å². The highest BCUT2D eigenvalue weighted by atomic mass is 16.6. The Balaban J connectivity index is 2.52. The average molecular weight is 319 g/mol. The number of nitrogens with zero attached hydrogens (tertiary/aromatic N) is 1. The Hall–Kier alpha value is -2.04. The molecule has 2 rings (SSSR count). The van der Waals surface area contributed by atoms with Gasteiger partial charge in [-0.15, -0.1) is 0 Å². The molecule has 1 aromatic rings. The van der Waals surface area contributed by atoms with Crippen molar-refractivity contribution >= 4 is 11.7 Å². The Labute approximate surface area is 137 Å². The Morgan fingerprint density at radius 3 is 1.96 bits per heavy atom. The van der Waals surface area contributed by atoms with Gasteiger partial charge in [-0.2, -0.15) is 0 Å². The van der Waals surface area contributed by atoms with Gasteiger partial charge in [-0.3, -0.25) is 0 Å². The summed E-state index contributed by atoms with van der Waals surface area (Å²) >= 11 is 0. The van der Waals surface area contributed by atoms with E-state index in [9.17, 15) is 9.90 Å². The Morgan fingerprint density at radius 1 is 1.13 bits per heavy atom. The number of carboxylic acid groups (broad SMARTS) is 1. The summed E-state index contributed by atoms with van der Waals surface area (Å²) in [7, 11) is 0. The quantitative estimate of drug-likeness (QED) is 0.866. The molecule has 126 valence electrons. The van der Waals surface area contributed by atoms with Crippen molar-refractivity contribution < 1.29 is 19.8 Å². The van der Waals surface area contributed by atoms with E-state index in [0.717, 1.165) is 16.7 Å². The van der Waals surface area contributed by atoms with Gasteiger partial charge >= 0.3 is 5.97 Å². The first-order chi connectivity index (χ1) is 10.4. The summed E-state index contributed by atoms with van der Waals surface area (Å²) in [5.74, 6) is -0.760. The highest BCUT2D eigenvalue weighted by molar-refractivity contribution is 6.35. The number of phenolic OH excluding ortho intramolecular Hbond substituents is 1. The second kappa shape index (κ2) is 5.55. The van der Waals surface area contributed by atoms with Crippen molar-refractivity contribution in [1.82, 2.24) is 0 Å². The van der Waals surface area contributed by atoms with E-state index < -0.39 is 12.1 Å². The van der Waals surface area contributed by atoms with Crippen LogP contribution in [0.2, 0.25) is 0 Å². The van der Waals surface area contributed by atoms with Crippen LogP contribution >= 0.6 is 0 Å². The summed E-state index contributed by atoms with van der Waals surface area (Å²) in [6, 6.07) is 3.80. The molecule has 5 nitrogen and oxygen atoms in total. The minimum atomic E-state index is -1.06. The Bertz CT molecular complexity index is 628. The molecule has 0 aliphatic carbocycles. The fourth-order valence-electron chi connectivity index (χ4n) is 2.67. The van der Waals surface area contributed by atoms with Crippen LogP contribution in [0.1, 0.15) is 70.8 Å². The fraction of sp³-hybridized carbons (Fsp3) is 0.556. The lowest BCUT2D eigenvalue weighted by atomic mass is 9.77. The van der Waals surface area contributed by atoms with Crippen molar-refractivity contribution in [3.63, 3.8) is 0 Å². The van der Waals surface area contributed by atoms with Crippen LogP contribution in [-0.2, 0) is 20.5 Å². The van der Waals surface area contributed by atoms with Crippen LogP contribution in [0.15, 0.2) is 17.3 Å². The van der Waals surface area contributed by atoms with Gasteiger partial charge in [0.15, 0.2) is 11.8 Å². The molecule has 0 bridgehead atoms. The molecule has 0 aromatic heterocycles. The molecule has 23 heavy (non-hydrogen) atoms. The smallest absolute Gasteiger partial charge is 0.353 e. The van der Waals surface area contributed by atoms with Crippen LogP contribution in [0.4, 0.5) is 0 Å². The first-order valence-corrected chi connectivity index (χ1v) is 7.75. The molecule has 1 unspecified atom stereocenters. The predicted octanol–water partition coefficient (Wildman–Crippen LogP) is 3.89. The van der Waals surface area contributed by atoms with Gasteiger partial charge in [0.2, 0.25) is 0 Å². The second-order valence-corrected chi connectivity index (χ2v) is 8.11. The van der Waals surface area contributed by atoms with Gasteiger partial charge in [-0.05, 0) is 39.7 Å². The zero-order valence-electron chi connectivity index (χ0n) is 14.6. The molecule has 1 aliphatic heterocycles. The van der Waals surface area contributed by atoms with E-state index in [-0.39, 0.29) is 23.0 Å². The summed E-state index contributed by atoms with van der Waals surface area (Å²) in [5, 5.41) is 23.4. The fourth-order valence-corrected chi connectivity index (χ4v) is 2.67. The molecule has 0 spiro atoms. The Morgan fingerprint density at radius 2 is 1.61 bits per heavy atom. The lowest BCUT2D eigenvalue weighted by Crippen LogP contribution is -2.19. The van der Waals surface area contributed by atoms with E-state index in [1.807, 2.05) is 53.7 Å². The minimum Gasteiger partial charge on any atom is -0.507 e. The number of benzene rings is 1. The maximum Gasteiger partial charge on any atom is 0.353 e. The van der Waals surface area contributed by atoms with Gasteiger partial charge < -0.3 is 15.1 Å². The topological polar surface area (TPSA) is 79.1 Å². The van der Waals surface area contributed by atoms with Crippen molar-refractivity contribution in [2.45, 2.75) is 64.9 Å². The number of phenols is 1. The summed E-state index contributed by atoms with van der Waals surface area (Å²) in [5.41, 5.74) is 2.04. The molecule has 0 saturated heterocycles. The third-order valence-corrected chi connectivity index (χ3v) is 4.04. The number of carboxylic acids is 1. The van der Waals surface area contributed by atoms with Crippen LogP contribution < -0.4 is 0 Å². The largest absolute Gasteiger partial charge is 0.507 e. The van der Waals surface area contributed by atoms with Gasteiger partial charge in [0.05, 0.1) is 0 Å².